The fraction of sp³-hybridized carbons (Fsp3) is 0.727. The Hall–Kier alpha value is -3.69. The van der Waals surface area contributed by atoms with Crippen LogP contribution in [-0.4, -0.2) is 112 Å². The number of likely N-dealkylation sites (N-methyl/N-ethyl adjacent to an activating group) is 1. The lowest BCUT2D eigenvalue weighted by Crippen LogP contribution is -2.51. The van der Waals surface area contributed by atoms with E-state index in [0.29, 0.717) is 23.7 Å². The number of carbonyl (C=O) groups is 3. The first-order valence-electron chi connectivity index (χ1n) is 26.4. The van der Waals surface area contributed by atoms with E-state index in [0.717, 1.165) is 54.9 Å². The van der Waals surface area contributed by atoms with E-state index in [1.165, 1.54) is 74.0 Å². The van der Waals surface area contributed by atoms with Crippen LogP contribution in [0.25, 0.3) is 0 Å². The van der Waals surface area contributed by atoms with Gasteiger partial charge in [0.05, 0.1) is 43.7 Å². The van der Waals surface area contributed by atoms with Gasteiger partial charge in [0.15, 0.2) is 5.78 Å². The van der Waals surface area contributed by atoms with Gasteiger partial charge < -0.3 is 39.6 Å². The van der Waals surface area contributed by atoms with Crippen LogP contribution in [0.1, 0.15) is 148 Å². The van der Waals surface area contributed by atoms with E-state index in [9.17, 15) is 29.7 Å². The lowest BCUT2D eigenvalue weighted by molar-refractivity contribution is -0.121. The monoisotopic (exact) mass is 955 g/mol. The molecule has 1 saturated heterocycles. The lowest BCUT2D eigenvalue weighted by Gasteiger charge is -2.58. The number of hydrogen-bond donors (Lipinski definition) is 4. The Morgan fingerprint density at radius 3 is 2.35 bits per heavy atom. The molecule has 7 rings (SSSR count). The number of aliphatic hydroxyl groups is 3. The van der Waals surface area contributed by atoms with Crippen LogP contribution in [0.3, 0.4) is 0 Å². The molecule has 4 fully saturated rings. The number of amides is 2. The molecule has 0 radical (unpaired) electrons. The zero-order valence-electron chi connectivity index (χ0n) is 42.8. The van der Waals surface area contributed by atoms with Gasteiger partial charge in [0, 0.05) is 38.1 Å². The van der Waals surface area contributed by atoms with Crippen molar-refractivity contribution in [2.24, 2.45) is 52.3 Å². The summed E-state index contributed by atoms with van der Waals surface area (Å²) in [5.74, 6) is 3.29. The molecule has 14 atom stereocenters. The maximum atomic E-state index is 14.3. The number of benzene rings is 1. The van der Waals surface area contributed by atoms with E-state index < -0.39 is 62.0 Å². The Morgan fingerprint density at radius 2 is 1.67 bits per heavy atom. The molecule has 0 bridgehead atoms. The van der Waals surface area contributed by atoms with Gasteiger partial charge in [0.25, 0.3) is 5.91 Å². The van der Waals surface area contributed by atoms with Gasteiger partial charge in [0.1, 0.15) is 17.9 Å². The Morgan fingerprint density at radius 1 is 0.928 bits per heavy atom. The molecule has 69 heavy (non-hydrogen) atoms. The number of nitrogens with zero attached hydrogens (tertiary/aromatic N) is 3. The SMILES string of the molecule is CC(C)CCC[C@@H](C)C1CCC2C3CC=C4C[C@@H](OC(=O)N(C)CC(O)[C@H]5OB([C@@H](CC(=O)[C@H](Cc6ccccc6)NC(=O)c6cnccn6)CC(C)C)O[C@@H]5C(O)CO)CC[C@]4(C)C3CC[C@@]21C. The second kappa shape index (κ2) is 23.2. The smallest absolute Gasteiger partial charge is 0.446 e. The Bertz CT molecular complexity index is 2040. The Balaban J connectivity index is 0.962. The molecule has 2 amide bonds. The summed E-state index contributed by atoms with van der Waals surface area (Å²) in [5, 5.41) is 35.6. The van der Waals surface area contributed by atoms with Crippen molar-refractivity contribution >= 4 is 24.9 Å². The predicted octanol–water partition coefficient (Wildman–Crippen LogP) is 8.66. The predicted molar refractivity (Wildman–Crippen MR) is 267 cm³/mol. The van der Waals surface area contributed by atoms with Crippen molar-refractivity contribution in [2.75, 3.05) is 20.2 Å². The van der Waals surface area contributed by atoms with E-state index in [2.05, 4.69) is 56.0 Å². The van der Waals surface area contributed by atoms with Crippen LogP contribution in [0.2, 0.25) is 5.82 Å². The fourth-order valence-corrected chi connectivity index (χ4v) is 13.9. The molecule has 4 N–H and O–H groups in total. The number of carbonyl (C=O) groups excluding carboxylic acids is 3. The molecule has 1 aromatic heterocycles. The van der Waals surface area contributed by atoms with Gasteiger partial charge in [0.2, 0.25) is 0 Å². The molecule has 14 heteroatoms. The molecule has 1 aliphatic heterocycles. The fourth-order valence-electron chi connectivity index (χ4n) is 13.9. The van der Waals surface area contributed by atoms with Gasteiger partial charge in [-0.25, -0.2) is 9.78 Å². The van der Waals surface area contributed by atoms with Crippen LogP contribution in [0.5, 0.6) is 0 Å². The van der Waals surface area contributed by atoms with Gasteiger partial charge in [-0.15, -0.1) is 0 Å². The zero-order chi connectivity index (χ0) is 49.6. The van der Waals surface area contributed by atoms with E-state index >= 15 is 0 Å². The van der Waals surface area contributed by atoms with Gasteiger partial charge in [-0.3, -0.25) is 14.6 Å². The molecule has 5 aliphatic rings. The molecule has 380 valence electrons. The van der Waals surface area contributed by atoms with Crippen LogP contribution >= 0.6 is 0 Å². The number of nitrogens with one attached hydrogen (secondary N) is 1. The summed E-state index contributed by atoms with van der Waals surface area (Å²) in [7, 11) is 0.540. The van der Waals surface area contributed by atoms with Crippen molar-refractivity contribution in [1.82, 2.24) is 20.2 Å². The summed E-state index contributed by atoms with van der Waals surface area (Å²) in [6.45, 7) is 15.5. The summed E-state index contributed by atoms with van der Waals surface area (Å²) < 4.78 is 18.9. The number of ketones is 1. The van der Waals surface area contributed by atoms with Crippen molar-refractivity contribution in [3.05, 3.63) is 71.8 Å². The normalized spacial score (nSPS) is 30.9. The summed E-state index contributed by atoms with van der Waals surface area (Å²) in [4.78, 5) is 50.7. The minimum atomic E-state index is -1.41. The van der Waals surface area contributed by atoms with Crippen molar-refractivity contribution < 1.29 is 43.7 Å². The summed E-state index contributed by atoms with van der Waals surface area (Å²) in [6, 6.07) is 8.49. The van der Waals surface area contributed by atoms with Gasteiger partial charge in [-0.05, 0) is 116 Å². The van der Waals surface area contributed by atoms with Crippen molar-refractivity contribution in [2.45, 2.75) is 181 Å². The van der Waals surface area contributed by atoms with Crippen LogP contribution in [0.15, 0.2) is 60.6 Å². The second-order valence-electron chi connectivity index (χ2n) is 23.2. The van der Waals surface area contributed by atoms with Crippen LogP contribution in [-0.2, 0) is 25.3 Å². The van der Waals surface area contributed by atoms with E-state index in [-0.39, 0.29) is 48.3 Å². The quantitative estimate of drug-likeness (QED) is 0.0695. The first-order chi connectivity index (χ1) is 32.9. The highest BCUT2D eigenvalue weighted by atomic mass is 16.7. The number of aliphatic hydroxyl groups excluding tert-OH is 3. The maximum Gasteiger partial charge on any atom is 0.461 e. The second-order valence-corrected chi connectivity index (χ2v) is 23.2. The third kappa shape index (κ3) is 12.3. The molecule has 4 aliphatic carbocycles. The molecular weight excluding hydrogens is 871 g/mol. The highest BCUT2D eigenvalue weighted by Crippen LogP contribution is 2.67. The van der Waals surface area contributed by atoms with Gasteiger partial charge in [-0.1, -0.05) is 110 Å². The maximum absolute atomic E-state index is 14.3. The van der Waals surface area contributed by atoms with Crippen LogP contribution < -0.4 is 5.32 Å². The number of fused-ring (bicyclic) bond motifs is 5. The van der Waals surface area contributed by atoms with Gasteiger partial charge >= 0.3 is 13.2 Å². The van der Waals surface area contributed by atoms with Gasteiger partial charge in [-0.2, -0.15) is 0 Å². The summed E-state index contributed by atoms with van der Waals surface area (Å²) >= 11 is 0. The standard InChI is InChI=1S/C55H83BN4O9/c1-34(2)13-12-14-36(5)42-19-20-43-41-18-17-38-29-40(21-23-54(38,6)44(41)22-24-55(42,43)7)67-53(66)60(8)32-48(63)50-51(49(64)33-61)69-56(68-50)39(27-35(3)4)30-47(62)45(28-37-15-10-9-11-16-37)59-52(65)46-31-57-25-26-58-46/h9-11,15-17,25-26,31,34-36,39-45,48-51,61,63-64H,12-14,18-24,27-30,32-33H2,1-8H3,(H,59,65)/t36-,39-,40+,41?,42?,43?,44?,45+,48?,49?,50-,51-,54+,55-/m1/s1. The van der Waals surface area contributed by atoms with Crippen LogP contribution in [0.4, 0.5) is 4.79 Å². The van der Waals surface area contributed by atoms with Crippen molar-refractivity contribution in [1.29, 1.82) is 0 Å². The number of rotatable bonds is 21. The first-order valence-corrected chi connectivity index (χ1v) is 26.4. The molecule has 0 spiro atoms. The first kappa shape index (κ1) is 53.1. The third-order valence-corrected chi connectivity index (χ3v) is 17.5. The molecule has 13 nitrogen and oxygen atoms in total. The van der Waals surface area contributed by atoms with Crippen molar-refractivity contribution in [3.8, 4) is 0 Å². The van der Waals surface area contributed by atoms with Crippen LogP contribution in [0, 0.1) is 52.3 Å². The Labute approximate surface area is 412 Å². The topological polar surface area (TPSA) is 181 Å². The molecule has 6 unspecified atom stereocenters. The molecule has 1 aromatic carbocycles. The highest BCUT2D eigenvalue weighted by Gasteiger charge is 2.59. The molecule has 2 heterocycles. The number of hydrogen-bond acceptors (Lipinski definition) is 11. The number of aromatic nitrogens is 2. The van der Waals surface area contributed by atoms with Crippen molar-refractivity contribution in [3.63, 3.8) is 0 Å². The average molecular weight is 955 g/mol. The number of ether oxygens (including phenoxy) is 1. The van der Waals surface area contributed by atoms with E-state index in [4.69, 9.17) is 14.0 Å². The highest BCUT2D eigenvalue weighted by molar-refractivity contribution is 6.47. The average Bonchev–Trinajstić information content (AvgIpc) is 3.93. The molecule has 3 saturated carbocycles. The number of allylic oxidation sites excluding steroid dienone is 1. The Kier molecular flexibility index (Phi) is 17.9. The number of Topliss-reactive ketones (excluding diaryl/α,β-unsaturated/α-hetero) is 1. The lowest BCUT2D eigenvalue weighted by atomic mass is 9.47. The minimum absolute atomic E-state index is 0.0469. The zero-order valence-corrected chi connectivity index (χ0v) is 42.8. The summed E-state index contributed by atoms with van der Waals surface area (Å²) in [5.41, 5.74) is 2.91. The third-order valence-electron chi connectivity index (χ3n) is 17.5. The molecule has 2 aromatic rings. The largest absolute Gasteiger partial charge is 0.461 e. The molecular formula is C55H83BN4O9. The minimum Gasteiger partial charge on any atom is -0.446 e. The summed E-state index contributed by atoms with van der Waals surface area (Å²) in [6.07, 6.45) is 14.5. The van der Waals surface area contributed by atoms with E-state index in [1.807, 2.05) is 44.2 Å². The van der Waals surface area contributed by atoms with E-state index in [1.54, 1.807) is 7.05 Å².